The molecule has 0 bridgehead atoms. The Morgan fingerprint density at radius 3 is 2.73 bits per heavy atom. The van der Waals surface area contributed by atoms with Crippen molar-refractivity contribution in [2.24, 2.45) is 17.3 Å². The average molecular weight is 213 g/mol. The van der Waals surface area contributed by atoms with E-state index in [2.05, 4.69) is 26.1 Å². The van der Waals surface area contributed by atoms with E-state index >= 15 is 0 Å². The van der Waals surface area contributed by atoms with Gasteiger partial charge in [-0.25, -0.2) is 0 Å². The van der Waals surface area contributed by atoms with Crippen molar-refractivity contribution in [1.82, 2.24) is 5.32 Å². The van der Waals surface area contributed by atoms with E-state index < -0.39 is 0 Å². The highest BCUT2D eigenvalue weighted by Gasteiger charge is 2.39. The molecule has 1 rings (SSSR count). The first-order valence-electron chi connectivity index (χ1n) is 6.34. The number of hydrogen-bond donors (Lipinski definition) is 1. The number of ether oxygens (including phenoxy) is 1. The molecule has 2 heteroatoms. The van der Waals surface area contributed by atoms with Gasteiger partial charge in [0, 0.05) is 7.11 Å². The van der Waals surface area contributed by atoms with Gasteiger partial charge < -0.3 is 10.1 Å². The lowest BCUT2D eigenvalue weighted by atomic mass is 9.67. The van der Waals surface area contributed by atoms with Crippen LogP contribution in [0.5, 0.6) is 0 Å². The third-order valence-corrected chi connectivity index (χ3v) is 3.95. The molecular formula is C13H27NO. The molecule has 0 aromatic heterocycles. The molecule has 1 fully saturated rings. The Balaban J connectivity index is 2.68. The largest absolute Gasteiger partial charge is 0.384 e. The second-order valence-electron chi connectivity index (χ2n) is 5.43. The van der Waals surface area contributed by atoms with Crippen LogP contribution in [0, 0.1) is 17.3 Å². The minimum Gasteiger partial charge on any atom is -0.384 e. The Labute approximate surface area is 94.8 Å². The molecule has 0 saturated carbocycles. The molecule has 2 atom stereocenters. The molecule has 1 saturated heterocycles. The van der Waals surface area contributed by atoms with Gasteiger partial charge in [0.2, 0.25) is 0 Å². The Kier molecular flexibility index (Phi) is 5.07. The van der Waals surface area contributed by atoms with Crippen molar-refractivity contribution in [2.45, 2.75) is 40.0 Å². The topological polar surface area (TPSA) is 21.3 Å². The molecule has 1 heterocycles. The number of hydrogen-bond acceptors (Lipinski definition) is 2. The first-order chi connectivity index (χ1) is 7.14. The van der Waals surface area contributed by atoms with Gasteiger partial charge in [-0.15, -0.1) is 0 Å². The molecule has 0 spiro atoms. The fourth-order valence-electron chi connectivity index (χ4n) is 2.98. The summed E-state index contributed by atoms with van der Waals surface area (Å²) in [4.78, 5) is 0. The van der Waals surface area contributed by atoms with Crippen LogP contribution in [-0.2, 0) is 4.74 Å². The molecule has 0 amide bonds. The molecule has 0 aromatic carbocycles. The van der Waals surface area contributed by atoms with E-state index in [9.17, 15) is 0 Å². The second-order valence-corrected chi connectivity index (χ2v) is 5.43. The monoisotopic (exact) mass is 213 g/mol. The summed E-state index contributed by atoms with van der Waals surface area (Å²) in [5.74, 6) is 1.58. The van der Waals surface area contributed by atoms with Crippen LogP contribution in [0.15, 0.2) is 0 Å². The van der Waals surface area contributed by atoms with Gasteiger partial charge in [0.05, 0.1) is 6.61 Å². The van der Waals surface area contributed by atoms with Crippen LogP contribution in [0.1, 0.15) is 40.0 Å². The Hall–Kier alpha value is -0.0800. The molecule has 2 unspecified atom stereocenters. The lowest BCUT2D eigenvalue weighted by Gasteiger charge is -2.44. The van der Waals surface area contributed by atoms with Crippen molar-refractivity contribution in [2.75, 3.05) is 26.8 Å². The molecule has 2 nitrogen and oxygen atoms in total. The third-order valence-electron chi connectivity index (χ3n) is 3.95. The van der Waals surface area contributed by atoms with Crippen molar-refractivity contribution in [3.05, 3.63) is 0 Å². The summed E-state index contributed by atoms with van der Waals surface area (Å²) in [6.45, 7) is 10.2. The summed E-state index contributed by atoms with van der Waals surface area (Å²) in [5, 5.41) is 3.53. The van der Waals surface area contributed by atoms with E-state index in [1.54, 1.807) is 0 Å². The maximum Gasteiger partial charge on any atom is 0.0522 e. The smallest absolute Gasteiger partial charge is 0.0522 e. The summed E-state index contributed by atoms with van der Waals surface area (Å²) in [5.41, 5.74) is 0.435. The maximum absolute atomic E-state index is 5.46. The van der Waals surface area contributed by atoms with E-state index in [0.717, 1.165) is 25.0 Å². The van der Waals surface area contributed by atoms with Crippen LogP contribution >= 0.6 is 0 Å². The molecule has 0 aromatic rings. The SMILES string of the molecule is CCC1(COC)CCNCC1CC(C)C. The molecule has 15 heavy (non-hydrogen) atoms. The molecule has 0 aliphatic carbocycles. The highest BCUT2D eigenvalue weighted by atomic mass is 16.5. The van der Waals surface area contributed by atoms with Crippen LogP contribution in [0.3, 0.4) is 0 Å². The van der Waals surface area contributed by atoms with Gasteiger partial charge in [-0.3, -0.25) is 0 Å². The molecule has 1 N–H and O–H groups in total. The Bertz CT molecular complexity index is 177. The van der Waals surface area contributed by atoms with Crippen molar-refractivity contribution in [3.8, 4) is 0 Å². The Morgan fingerprint density at radius 2 is 2.20 bits per heavy atom. The zero-order valence-corrected chi connectivity index (χ0v) is 10.8. The number of piperidine rings is 1. The summed E-state index contributed by atoms with van der Waals surface area (Å²) in [6.07, 6.45) is 3.85. The zero-order chi connectivity index (χ0) is 11.3. The van der Waals surface area contributed by atoms with Crippen molar-refractivity contribution in [1.29, 1.82) is 0 Å². The van der Waals surface area contributed by atoms with Gasteiger partial charge in [-0.05, 0) is 49.6 Å². The third kappa shape index (κ3) is 3.18. The summed E-state index contributed by atoms with van der Waals surface area (Å²) < 4.78 is 5.46. The number of nitrogens with one attached hydrogen (secondary N) is 1. The van der Waals surface area contributed by atoms with Gasteiger partial charge in [-0.2, -0.15) is 0 Å². The summed E-state index contributed by atoms with van der Waals surface area (Å²) in [7, 11) is 1.84. The standard InChI is InChI=1S/C13H27NO/c1-5-13(10-15-4)6-7-14-9-12(13)8-11(2)3/h11-12,14H,5-10H2,1-4H3. The van der Waals surface area contributed by atoms with Crippen LogP contribution in [-0.4, -0.2) is 26.8 Å². The predicted molar refractivity (Wildman–Crippen MR) is 65.0 cm³/mol. The van der Waals surface area contributed by atoms with Gasteiger partial charge >= 0.3 is 0 Å². The minimum atomic E-state index is 0.435. The zero-order valence-electron chi connectivity index (χ0n) is 10.8. The van der Waals surface area contributed by atoms with Crippen LogP contribution < -0.4 is 5.32 Å². The highest BCUT2D eigenvalue weighted by molar-refractivity contribution is 4.91. The molecule has 1 aliphatic heterocycles. The number of rotatable bonds is 5. The predicted octanol–water partition coefficient (Wildman–Crippen LogP) is 2.68. The van der Waals surface area contributed by atoms with Crippen LogP contribution in [0.2, 0.25) is 0 Å². The minimum absolute atomic E-state index is 0.435. The highest BCUT2D eigenvalue weighted by Crippen LogP contribution is 2.40. The van der Waals surface area contributed by atoms with Crippen LogP contribution in [0.4, 0.5) is 0 Å². The summed E-state index contributed by atoms with van der Waals surface area (Å²) in [6, 6.07) is 0. The lowest BCUT2D eigenvalue weighted by molar-refractivity contribution is -0.00267. The molecule has 0 radical (unpaired) electrons. The fraction of sp³-hybridized carbons (Fsp3) is 1.00. The van der Waals surface area contributed by atoms with Gasteiger partial charge in [0.1, 0.15) is 0 Å². The van der Waals surface area contributed by atoms with E-state index in [1.807, 2.05) is 7.11 Å². The van der Waals surface area contributed by atoms with Gasteiger partial charge in [-0.1, -0.05) is 20.8 Å². The lowest BCUT2D eigenvalue weighted by Crippen LogP contribution is -2.47. The van der Waals surface area contributed by atoms with Crippen molar-refractivity contribution >= 4 is 0 Å². The van der Waals surface area contributed by atoms with Crippen LogP contribution in [0.25, 0.3) is 0 Å². The van der Waals surface area contributed by atoms with Gasteiger partial charge in [0.25, 0.3) is 0 Å². The maximum atomic E-state index is 5.46. The van der Waals surface area contributed by atoms with Gasteiger partial charge in [0.15, 0.2) is 0 Å². The van der Waals surface area contributed by atoms with E-state index in [1.165, 1.54) is 25.8 Å². The average Bonchev–Trinajstić information content (AvgIpc) is 2.21. The molecule has 1 aliphatic rings. The quantitative estimate of drug-likeness (QED) is 0.758. The fourth-order valence-corrected chi connectivity index (χ4v) is 2.98. The van der Waals surface area contributed by atoms with Crippen molar-refractivity contribution in [3.63, 3.8) is 0 Å². The first kappa shape index (κ1) is 13.0. The molecule has 90 valence electrons. The van der Waals surface area contributed by atoms with E-state index in [-0.39, 0.29) is 0 Å². The van der Waals surface area contributed by atoms with Crippen molar-refractivity contribution < 1.29 is 4.74 Å². The van der Waals surface area contributed by atoms with E-state index in [0.29, 0.717) is 5.41 Å². The summed E-state index contributed by atoms with van der Waals surface area (Å²) >= 11 is 0. The second kappa shape index (κ2) is 5.86. The normalized spacial score (nSPS) is 32.2. The molecular weight excluding hydrogens is 186 g/mol. The first-order valence-corrected chi connectivity index (χ1v) is 6.34. The number of methoxy groups -OCH3 is 1. The Morgan fingerprint density at radius 1 is 1.47 bits per heavy atom. The van der Waals surface area contributed by atoms with E-state index in [4.69, 9.17) is 4.74 Å².